The second-order valence-corrected chi connectivity index (χ2v) is 6.70. The first kappa shape index (κ1) is 12.3. The number of esters is 1. The van der Waals surface area contributed by atoms with Crippen LogP contribution in [0, 0.1) is 29.1 Å². The molecule has 0 heterocycles. The first-order valence-corrected chi connectivity index (χ1v) is 7.47. The summed E-state index contributed by atoms with van der Waals surface area (Å²) >= 11 is 0. The van der Waals surface area contributed by atoms with Crippen molar-refractivity contribution in [1.29, 1.82) is 0 Å². The zero-order chi connectivity index (χ0) is 12.8. The van der Waals surface area contributed by atoms with E-state index in [1.165, 1.54) is 38.2 Å². The third kappa shape index (κ3) is 1.72. The SMILES string of the molecule is C=CC(=O)OCC1(CC)C2CC3CC(C2)CC1C3. The molecule has 2 nitrogen and oxygen atoms in total. The van der Waals surface area contributed by atoms with Crippen LogP contribution in [0.1, 0.15) is 45.4 Å². The van der Waals surface area contributed by atoms with Crippen LogP contribution in [0.4, 0.5) is 0 Å². The van der Waals surface area contributed by atoms with Crippen LogP contribution in [0.3, 0.4) is 0 Å². The van der Waals surface area contributed by atoms with Crippen LogP contribution in [-0.2, 0) is 9.53 Å². The summed E-state index contributed by atoms with van der Waals surface area (Å²) in [6, 6.07) is 0. The lowest BCUT2D eigenvalue weighted by Crippen LogP contribution is -2.54. The van der Waals surface area contributed by atoms with E-state index in [0.29, 0.717) is 6.61 Å². The molecule has 100 valence electrons. The van der Waals surface area contributed by atoms with Crippen molar-refractivity contribution >= 4 is 5.97 Å². The minimum Gasteiger partial charge on any atom is -0.462 e. The molecule has 0 radical (unpaired) electrons. The smallest absolute Gasteiger partial charge is 0.330 e. The molecule has 4 bridgehead atoms. The minimum absolute atomic E-state index is 0.253. The van der Waals surface area contributed by atoms with Gasteiger partial charge in [0.1, 0.15) is 0 Å². The number of hydrogen-bond acceptors (Lipinski definition) is 2. The van der Waals surface area contributed by atoms with Gasteiger partial charge in [0, 0.05) is 11.5 Å². The number of rotatable bonds is 4. The molecule has 0 aromatic rings. The Labute approximate surface area is 110 Å². The predicted octanol–water partition coefficient (Wildman–Crippen LogP) is 3.57. The highest BCUT2D eigenvalue weighted by Gasteiger charge is 2.56. The quantitative estimate of drug-likeness (QED) is 0.561. The fourth-order valence-corrected chi connectivity index (χ4v) is 5.30. The van der Waals surface area contributed by atoms with E-state index >= 15 is 0 Å². The van der Waals surface area contributed by atoms with Gasteiger partial charge in [-0.2, -0.15) is 0 Å². The molecule has 0 amide bonds. The van der Waals surface area contributed by atoms with Gasteiger partial charge in [-0.3, -0.25) is 0 Å². The van der Waals surface area contributed by atoms with Gasteiger partial charge < -0.3 is 4.74 Å². The van der Waals surface area contributed by atoms with Gasteiger partial charge in [-0.05, 0) is 62.2 Å². The molecule has 4 fully saturated rings. The average molecular weight is 248 g/mol. The fraction of sp³-hybridized carbons (Fsp3) is 0.812. The molecule has 2 heteroatoms. The zero-order valence-corrected chi connectivity index (χ0v) is 11.4. The first-order valence-electron chi connectivity index (χ1n) is 7.47. The van der Waals surface area contributed by atoms with Crippen LogP contribution in [0.15, 0.2) is 12.7 Å². The maximum atomic E-state index is 11.4. The highest BCUT2D eigenvalue weighted by molar-refractivity contribution is 5.81. The Hall–Kier alpha value is -0.790. The standard InChI is InChI=1S/C16H24O2/c1-3-15(17)18-10-16(4-2)13-6-11-5-12(8-13)9-14(16)7-11/h3,11-14H,1,4-10H2,2H3. The Morgan fingerprint density at radius 2 is 1.78 bits per heavy atom. The highest BCUT2D eigenvalue weighted by Crippen LogP contribution is 2.63. The lowest BCUT2D eigenvalue weighted by Gasteiger charge is -2.61. The van der Waals surface area contributed by atoms with E-state index < -0.39 is 0 Å². The van der Waals surface area contributed by atoms with Gasteiger partial charge in [-0.25, -0.2) is 4.79 Å². The molecule has 0 spiro atoms. The topological polar surface area (TPSA) is 26.3 Å². The molecule has 4 saturated carbocycles. The van der Waals surface area contributed by atoms with Crippen LogP contribution in [0.5, 0.6) is 0 Å². The molecule has 0 saturated heterocycles. The summed E-state index contributed by atoms with van der Waals surface area (Å²) in [5.41, 5.74) is 0.284. The summed E-state index contributed by atoms with van der Waals surface area (Å²) in [5.74, 6) is 3.30. The normalized spacial score (nSPS) is 44.9. The Morgan fingerprint density at radius 1 is 1.22 bits per heavy atom. The van der Waals surface area contributed by atoms with E-state index in [-0.39, 0.29) is 11.4 Å². The molecule has 4 aliphatic rings. The highest BCUT2D eigenvalue weighted by atomic mass is 16.5. The maximum Gasteiger partial charge on any atom is 0.330 e. The van der Waals surface area contributed by atoms with E-state index in [4.69, 9.17) is 4.74 Å². The van der Waals surface area contributed by atoms with Gasteiger partial charge >= 0.3 is 5.97 Å². The Balaban J connectivity index is 1.78. The van der Waals surface area contributed by atoms with Gasteiger partial charge in [-0.15, -0.1) is 0 Å². The summed E-state index contributed by atoms with van der Waals surface area (Å²) in [5, 5.41) is 0. The fourth-order valence-electron chi connectivity index (χ4n) is 5.30. The molecule has 0 N–H and O–H groups in total. The van der Waals surface area contributed by atoms with Crippen LogP contribution >= 0.6 is 0 Å². The zero-order valence-electron chi connectivity index (χ0n) is 11.4. The van der Waals surface area contributed by atoms with Crippen LogP contribution in [0.2, 0.25) is 0 Å². The Kier molecular flexibility index (Phi) is 2.99. The van der Waals surface area contributed by atoms with Gasteiger partial charge in [-0.1, -0.05) is 13.5 Å². The van der Waals surface area contributed by atoms with Crippen molar-refractivity contribution in [3.8, 4) is 0 Å². The number of carbonyl (C=O) groups is 1. The first-order chi connectivity index (χ1) is 8.68. The van der Waals surface area contributed by atoms with E-state index in [2.05, 4.69) is 13.5 Å². The van der Waals surface area contributed by atoms with Crippen molar-refractivity contribution in [3.63, 3.8) is 0 Å². The monoisotopic (exact) mass is 248 g/mol. The molecule has 4 aliphatic carbocycles. The lowest BCUT2D eigenvalue weighted by atomic mass is 9.45. The summed E-state index contributed by atoms with van der Waals surface area (Å²) in [6.45, 7) is 6.40. The summed E-state index contributed by atoms with van der Waals surface area (Å²) in [4.78, 5) is 11.4. The van der Waals surface area contributed by atoms with E-state index in [1.54, 1.807) is 0 Å². The summed E-state index contributed by atoms with van der Waals surface area (Å²) < 4.78 is 5.45. The van der Waals surface area contributed by atoms with Gasteiger partial charge in [0.15, 0.2) is 0 Å². The van der Waals surface area contributed by atoms with Crippen LogP contribution in [-0.4, -0.2) is 12.6 Å². The Bertz CT molecular complexity index is 330. The predicted molar refractivity (Wildman–Crippen MR) is 70.9 cm³/mol. The van der Waals surface area contributed by atoms with Gasteiger partial charge in [0.25, 0.3) is 0 Å². The van der Waals surface area contributed by atoms with Gasteiger partial charge in [0.2, 0.25) is 0 Å². The van der Waals surface area contributed by atoms with Crippen LogP contribution < -0.4 is 0 Å². The van der Waals surface area contributed by atoms with E-state index in [9.17, 15) is 4.79 Å². The molecular formula is C16H24O2. The number of hydrogen-bond donors (Lipinski definition) is 0. The molecule has 0 atom stereocenters. The molecule has 0 aromatic carbocycles. The van der Waals surface area contributed by atoms with Crippen molar-refractivity contribution < 1.29 is 9.53 Å². The number of carbonyl (C=O) groups excluding carboxylic acids is 1. The van der Waals surface area contributed by atoms with Crippen molar-refractivity contribution in [2.45, 2.75) is 45.4 Å². The number of ether oxygens (including phenoxy) is 1. The molecule has 0 aliphatic heterocycles. The Morgan fingerprint density at radius 3 is 2.22 bits per heavy atom. The van der Waals surface area contributed by atoms with E-state index in [0.717, 1.165) is 30.1 Å². The van der Waals surface area contributed by atoms with Crippen molar-refractivity contribution in [2.75, 3.05) is 6.61 Å². The van der Waals surface area contributed by atoms with Crippen molar-refractivity contribution in [2.24, 2.45) is 29.1 Å². The molecular weight excluding hydrogens is 224 g/mol. The molecule has 4 rings (SSSR count). The maximum absolute atomic E-state index is 11.4. The van der Waals surface area contributed by atoms with Crippen molar-refractivity contribution in [3.05, 3.63) is 12.7 Å². The molecule has 0 unspecified atom stereocenters. The third-order valence-electron chi connectivity index (χ3n) is 6.07. The largest absolute Gasteiger partial charge is 0.462 e. The van der Waals surface area contributed by atoms with Crippen LogP contribution in [0.25, 0.3) is 0 Å². The lowest BCUT2D eigenvalue weighted by molar-refractivity contribution is -0.163. The summed E-state index contributed by atoms with van der Waals surface area (Å²) in [6.07, 6.45) is 9.45. The van der Waals surface area contributed by atoms with Crippen molar-refractivity contribution in [1.82, 2.24) is 0 Å². The third-order valence-corrected chi connectivity index (χ3v) is 6.07. The van der Waals surface area contributed by atoms with E-state index in [1.807, 2.05) is 0 Å². The molecule has 18 heavy (non-hydrogen) atoms. The summed E-state index contributed by atoms with van der Waals surface area (Å²) in [7, 11) is 0. The van der Waals surface area contributed by atoms with Gasteiger partial charge in [0.05, 0.1) is 6.61 Å². The average Bonchev–Trinajstić information content (AvgIpc) is 2.37. The minimum atomic E-state index is -0.253. The second-order valence-electron chi connectivity index (χ2n) is 6.70. The molecule has 0 aromatic heterocycles. The second kappa shape index (κ2) is 4.40.